The normalized spacial score (nSPS) is 15.6. The highest BCUT2D eigenvalue weighted by molar-refractivity contribution is 9.10. The number of ether oxygens (including phenoxy) is 2. The van der Waals surface area contributed by atoms with Crippen LogP contribution in [0.25, 0.3) is 0 Å². The average molecular weight is 336 g/mol. The lowest BCUT2D eigenvalue weighted by molar-refractivity contribution is 0.135. The summed E-state index contributed by atoms with van der Waals surface area (Å²) in [5, 5.41) is 0. The second-order valence-corrected chi connectivity index (χ2v) is 6.12. The van der Waals surface area contributed by atoms with Crippen LogP contribution in [0, 0.1) is 0 Å². The predicted molar refractivity (Wildman–Crippen MR) is 79.1 cm³/mol. The van der Waals surface area contributed by atoms with Gasteiger partial charge >= 0.3 is 0 Å². The van der Waals surface area contributed by atoms with Gasteiger partial charge in [0.1, 0.15) is 5.60 Å². The number of halogens is 1. The van der Waals surface area contributed by atoms with Gasteiger partial charge in [-0.05, 0) is 35.8 Å². The van der Waals surface area contributed by atoms with Gasteiger partial charge in [-0.15, -0.1) is 0 Å². The number of anilines is 1. The molecule has 3 rings (SSSR count). The van der Waals surface area contributed by atoms with Gasteiger partial charge in [-0.25, -0.2) is 4.98 Å². The molecule has 20 heavy (non-hydrogen) atoms. The molecule has 0 fully saturated rings. The van der Waals surface area contributed by atoms with Crippen molar-refractivity contribution in [1.82, 2.24) is 9.97 Å². The van der Waals surface area contributed by atoms with Crippen molar-refractivity contribution in [2.75, 3.05) is 5.73 Å². The number of aromatic nitrogens is 2. The minimum Gasteiger partial charge on any atom is -0.483 e. The van der Waals surface area contributed by atoms with Gasteiger partial charge in [-0.2, -0.15) is 4.98 Å². The number of nitrogens with two attached hydrogens (primary N) is 1. The zero-order chi connectivity index (χ0) is 14.3. The summed E-state index contributed by atoms with van der Waals surface area (Å²) in [6, 6.07) is 5.84. The summed E-state index contributed by atoms with van der Waals surface area (Å²) < 4.78 is 12.4. The smallest absolute Gasteiger partial charge is 0.238 e. The standard InChI is InChI=1S/C14H14BrN3O2/c1-14(2)6-8-4-3-5-10(11(8)20-14)19-12-9(15)7-17-13(16)18-12/h3-5,7H,6H2,1-2H3,(H2,16,17,18). The number of hydrogen-bond donors (Lipinski definition) is 1. The van der Waals surface area contributed by atoms with E-state index >= 15 is 0 Å². The fraction of sp³-hybridized carbons (Fsp3) is 0.286. The van der Waals surface area contributed by atoms with Gasteiger partial charge in [-0.3, -0.25) is 0 Å². The molecule has 0 radical (unpaired) electrons. The predicted octanol–water partition coefficient (Wildman–Crippen LogP) is 3.33. The molecule has 104 valence electrons. The molecule has 2 heterocycles. The summed E-state index contributed by atoms with van der Waals surface area (Å²) in [7, 11) is 0. The Morgan fingerprint density at radius 1 is 1.40 bits per heavy atom. The molecule has 0 atom stereocenters. The van der Waals surface area contributed by atoms with Crippen molar-refractivity contribution in [3.05, 3.63) is 34.4 Å². The molecule has 0 spiro atoms. The van der Waals surface area contributed by atoms with Crippen LogP contribution < -0.4 is 15.2 Å². The fourth-order valence-electron chi connectivity index (χ4n) is 2.21. The second kappa shape index (κ2) is 4.63. The minimum atomic E-state index is -0.219. The van der Waals surface area contributed by atoms with Gasteiger partial charge < -0.3 is 15.2 Å². The SMILES string of the molecule is CC1(C)Cc2cccc(Oc3nc(N)ncc3Br)c2O1. The van der Waals surface area contributed by atoms with E-state index in [2.05, 4.69) is 39.7 Å². The number of para-hydroxylation sites is 1. The maximum atomic E-state index is 5.95. The molecule has 6 heteroatoms. The largest absolute Gasteiger partial charge is 0.483 e. The van der Waals surface area contributed by atoms with Gasteiger partial charge in [0.15, 0.2) is 11.5 Å². The van der Waals surface area contributed by atoms with E-state index in [9.17, 15) is 0 Å². The van der Waals surface area contributed by atoms with E-state index in [1.165, 1.54) is 0 Å². The van der Waals surface area contributed by atoms with Crippen molar-refractivity contribution in [1.29, 1.82) is 0 Å². The Morgan fingerprint density at radius 2 is 2.20 bits per heavy atom. The van der Waals surface area contributed by atoms with Crippen molar-refractivity contribution < 1.29 is 9.47 Å². The Kier molecular flexibility index (Phi) is 3.05. The highest BCUT2D eigenvalue weighted by Crippen LogP contribution is 2.43. The maximum Gasteiger partial charge on any atom is 0.238 e. The molecule has 0 saturated carbocycles. The van der Waals surface area contributed by atoms with E-state index in [1.54, 1.807) is 6.20 Å². The first-order chi connectivity index (χ1) is 9.44. The third-order valence-corrected chi connectivity index (χ3v) is 3.54. The number of hydrogen-bond acceptors (Lipinski definition) is 5. The van der Waals surface area contributed by atoms with E-state index in [4.69, 9.17) is 15.2 Å². The first-order valence-electron chi connectivity index (χ1n) is 6.21. The number of nitrogen functional groups attached to an aromatic ring is 1. The van der Waals surface area contributed by atoms with E-state index in [1.807, 2.05) is 18.2 Å². The molecule has 0 bridgehead atoms. The first kappa shape index (κ1) is 13.2. The van der Waals surface area contributed by atoms with Crippen LogP contribution in [0.5, 0.6) is 17.4 Å². The molecule has 0 aliphatic carbocycles. The molecule has 2 N–H and O–H groups in total. The molecule has 0 unspecified atom stereocenters. The lowest BCUT2D eigenvalue weighted by Gasteiger charge is -2.18. The lowest BCUT2D eigenvalue weighted by Crippen LogP contribution is -2.24. The summed E-state index contributed by atoms with van der Waals surface area (Å²) in [6.07, 6.45) is 2.41. The van der Waals surface area contributed by atoms with E-state index in [0.29, 0.717) is 16.1 Å². The topological polar surface area (TPSA) is 70.3 Å². The summed E-state index contributed by atoms with van der Waals surface area (Å²) in [4.78, 5) is 7.96. The van der Waals surface area contributed by atoms with Crippen molar-refractivity contribution in [2.45, 2.75) is 25.9 Å². The van der Waals surface area contributed by atoms with Gasteiger partial charge in [0.2, 0.25) is 11.8 Å². The maximum absolute atomic E-state index is 5.95. The number of rotatable bonds is 2. The van der Waals surface area contributed by atoms with E-state index < -0.39 is 0 Å². The number of fused-ring (bicyclic) bond motifs is 1. The Balaban J connectivity index is 1.97. The average Bonchev–Trinajstić information content (AvgIpc) is 2.69. The summed E-state index contributed by atoms with van der Waals surface area (Å²) >= 11 is 3.34. The molecule has 1 aromatic heterocycles. The second-order valence-electron chi connectivity index (χ2n) is 5.27. The number of benzene rings is 1. The highest BCUT2D eigenvalue weighted by atomic mass is 79.9. The van der Waals surface area contributed by atoms with Crippen LogP contribution in [0.4, 0.5) is 5.95 Å². The first-order valence-corrected chi connectivity index (χ1v) is 7.01. The van der Waals surface area contributed by atoms with Gasteiger partial charge in [0, 0.05) is 12.0 Å². The molecule has 1 aliphatic rings. The van der Waals surface area contributed by atoms with Crippen molar-refractivity contribution in [3.63, 3.8) is 0 Å². The third kappa shape index (κ3) is 2.43. The lowest BCUT2D eigenvalue weighted by atomic mass is 10.0. The van der Waals surface area contributed by atoms with E-state index in [-0.39, 0.29) is 11.5 Å². The molecule has 0 saturated heterocycles. The Labute approximate surface area is 125 Å². The molecule has 2 aromatic rings. The van der Waals surface area contributed by atoms with Crippen LogP contribution in [0.15, 0.2) is 28.9 Å². The van der Waals surface area contributed by atoms with Crippen LogP contribution in [0.2, 0.25) is 0 Å². The van der Waals surface area contributed by atoms with Crippen molar-refractivity contribution in [2.24, 2.45) is 0 Å². The molecule has 1 aromatic carbocycles. The van der Waals surface area contributed by atoms with Crippen molar-refractivity contribution in [3.8, 4) is 17.4 Å². The summed E-state index contributed by atoms with van der Waals surface area (Å²) in [5.41, 5.74) is 6.49. The monoisotopic (exact) mass is 335 g/mol. The van der Waals surface area contributed by atoms with Crippen molar-refractivity contribution >= 4 is 21.9 Å². The van der Waals surface area contributed by atoms with E-state index in [0.717, 1.165) is 17.7 Å². The fourth-order valence-corrected chi connectivity index (χ4v) is 2.48. The zero-order valence-electron chi connectivity index (χ0n) is 11.2. The quantitative estimate of drug-likeness (QED) is 0.911. The molecule has 0 amide bonds. The highest BCUT2D eigenvalue weighted by Gasteiger charge is 2.32. The Morgan fingerprint density at radius 3 is 3.00 bits per heavy atom. The van der Waals surface area contributed by atoms with Crippen LogP contribution in [-0.4, -0.2) is 15.6 Å². The minimum absolute atomic E-state index is 0.164. The molecular weight excluding hydrogens is 322 g/mol. The molecule has 5 nitrogen and oxygen atoms in total. The van der Waals surface area contributed by atoms with Crippen LogP contribution in [0.1, 0.15) is 19.4 Å². The zero-order valence-corrected chi connectivity index (χ0v) is 12.8. The van der Waals surface area contributed by atoms with Gasteiger partial charge in [0.25, 0.3) is 0 Å². The third-order valence-electron chi connectivity index (χ3n) is 2.99. The molecule has 1 aliphatic heterocycles. The van der Waals surface area contributed by atoms with Gasteiger partial charge in [-0.1, -0.05) is 12.1 Å². The Hall–Kier alpha value is -1.82. The molecular formula is C14H14BrN3O2. The van der Waals surface area contributed by atoms with Crippen LogP contribution in [-0.2, 0) is 6.42 Å². The van der Waals surface area contributed by atoms with Crippen LogP contribution in [0.3, 0.4) is 0 Å². The number of nitrogens with zero attached hydrogens (tertiary/aromatic N) is 2. The van der Waals surface area contributed by atoms with Crippen LogP contribution >= 0.6 is 15.9 Å². The Bertz CT molecular complexity index is 673. The van der Waals surface area contributed by atoms with Gasteiger partial charge in [0.05, 0.1) is 10.7 Å². The summed E-state index contributed by atoms with van der Waals surface area (Å²) in [6.45, 7) is 4.10. The summed E-state index contributed by atoms with van der Waals surface area (Å²) in [5.74, 6) is 1.93.